The highest BCUT2D eigenvalue weighted by molar-refractivity contribution is 7.89. The minimum absolute atomic E-state index is 0.0915. The number of carbonyl (C=O) groups excluding carboxylic acids is 2. The van der Waals surface area contributed by atoms with Crippen LogP contribution in [-0.4, -0.2) is 37.6 Å². The van der Waals surface area contributed by atoms with Crippen molar-refractivity contribution in [1.82, 2.24) is 9.62 Å². The molecule has 2 N–H and O–H groups in total. The Kier molecular flexibility index (Phi) is 7.46. The zero-order valence-corrected chi connectivity index (χ0v) is 18.7. The van der Waals surface area contributed by atoms with E-state index in [2.05, 4.69) is 10.6 Å². The van der Waals surface area contributed by atoms with Crippen molar-refractivity contribution in [1.29, 1.82) is 0 Å². The quantitative estimate of drug-likeness (QED) is 0.655. The van der Waals surface area contributed by atoms with Crippen molar-refractivity contribution in [2.24, 2.45) is 0 Å². The summed E-state index contributed by atoms with van der Waals surface area (Å²) >= 11 is 0. The molecule has 1 aliphatic rings. The standard InChI is InChI=1S/C23H29N3O4S/c1-17(20-6-5-7-21(16-20)25-18(2)27)24-23(28)13-10-19-8-11-22(12-9-19)31(29,30)26-14-3-4-15-26/h5-9,11-12,16-17H,3-4,10,13-15H2,1-2H3,(H,24,28)(H,25,27). The van der Waals surface area contributed by atoms with Gasteiger partial charge in [-0.05, 0) is 61.6 Å². The van der Waals surface area contributed by atoms with E-state index in [4.69, 9.17) is 0 Å². The number of nitrogens with one attached hydrogen (secondary N) is 2. The maximum Gasteiger partial charge on any atom is 0.243 e. The monoisotopic (exact) mass is 443 g/mol. The van der Waals surface area contributed by atoms with Crippen LogP contribution in [0.25, 0.3) is 0 Å². The van der Waals surface area contributed by atoms with Crippen molar-refractivity contribution < 1.29 is 18.0 Å². The molecule has 1 aliphatic heterocycles. The average Bonchev–Trinajstić information content (AvgIpc) is 3.28. The lowest BCUT2D eigenvalue weighted by Crippen LogP contribution is -2.28. The number of rotatable bonds is 8. The predicted octanol–water partition coefficient (Wildman–Crippen LogP) is 3.24. The molecule has 1 unspecified atom stereocenters. The molecule has 1 atom stereocenters. The molecule has 2 amide bonds. The molecule has 31 heavy (non-hydrogen) atoms. The van der Waals surface area contributed by atoms with Gasteiger partial charge < -0.3 is 10.6 Å². The van der Waals surface area contributed by atoms with E-state index in [-0.39, 0.29) is 17.9 Å². The summed E-state index contributed by atoms with van der Waals surface area (Å²) in [5.74, 6) is -0.237. The van der Waals surface area contributed by atoms with Crippen molar-refractivity contribution in [2.45, 2.75) is 50.5 Å². The Balaban J connectivity index is 1.53. The van der Waals surface area contributed by atoms with Gasteiger partial charge in [0, 0.05) is 32.1 Å². The van der Waals surface area contributed by atoms with Crippen molar-refractivity contribution in [3.63, 3.8) is 0 Å². The zero-order chi connectivity index (χ0) is 22.4. The molecule has 1 heterocycles. The maximum absolute atomic E-state index is 12.6. The number of hydrogen-bond donors (Lipinski definition) is 2. The van der Waals surface area contributed by atoms with Crippen LogP contribution in [0.15, 0.2) is 53.4 Å². The van der Waals surface area contributed by atoms with E-state index in [1.807, 2.05) is 25.1 Å². The third-order valence-electron chi connectivity index (χ3n) is 5.35. The van der Waals surface area contributed by atoms with E-state index >= 15 is 0 Å². The first kappa shape index (κ1) is 23.0. The third-order valence-corrected chi connectivity index (χ3v) is 7.26. The average molecular weight is 444 g/mol. The van der Waals surface area contributed by atoms with Crippen molar-refractivity contribution in [3.8, 4) is 0 Å². The summed E-state index contributed by atoms with van der Waals surface area (Å²) in [4.78, 5) is 23.9. The molecule has 0 radical (unpaired) electrons. The number of anilines is 1. The zero-order valence-electron chi connectivity index (χ0n) is 17.9. The molecule has 0 bridgehead atoms. The van der Waals surface area contributed by atoms with Crippen LogP contribution in [-0.2, 0) is 26.0 Å². The van der Waals surface area contributed by atoms with Gasteiger partial charge >= 0.3 is 0 Å². The highest BCUT2D eigenvalue weighted by Crippen LogP contribution is 2.22. The topological polar surface area (TPSA) is 95.6 Å². The summed E-state index contributed by atoms with van der Waals surface area (Å²) in [7, 11) is -3.42. The molecule has 8 heteroatoms. The minimum Gasteiger partial charge on any atom is -0.350 e. The summed E-state index contributed by atoms with van der Waals surface area (Å²) in [6.07, 6.45) is 2.63. The lowest BCUT2D eigenvalue weighted by atomic mass is 10.1. The lowest BCUT2D eigenvalue weighted by Gasteiger charge is -2.16. The molecule has 3 rings (SSSR count). The fraction of sp³-hybridized carbons (Fsp3) is 0.391. The second-order valence-corrected chi connectivity index (χ2v) is 9.79. The van der Waals surface area contributed by atoms with Crippen molar-refractivity contribution in [2.75, 3.05) is 18.4 Å². The summed E-state index contributed by atoms with van der Waals surface area (Å²) in [6, 6.07) is 14.0. The first-order valence-electron chi connectivity index (χ1n) is 10.5. The van der Waals surface area contributed by atoms with Gasteiger partial charge in [-0.3, -0.25) is 9.59 Å². The number of amides is 2. The molecule has 0 saturated carbocycles. The predicted molar refractivity (Wildman–Crippen MR) is 120 cm³/mol. The van der Waals surface area contributed by atoms with Gasteiger partial charge in [-0.1, -0.05) is 24.3 Å². The van der Waals surface area contributed by atoms with Crippen LogP contribution >= 0.6 is 0 Å². The van der Waals surface area contributed by atoms with E-state index in [1.165, 1.54) is 11.2 Å². The molecular formula is C23H29N3O4S. The summed E-state index contributed by atoms with van der Waals surface area (Å²) in [5.41, 5.74) is 2.50. The molecule has 166 valence electrons. The fourth-order valence-electron chi connectivity index (χ4n) is 3.65. The second kappa shape index (κ2) is 10.1. The number of sulfonamides is 1. The largest absolute Gasteiger partial charge is 0.350 e. The SMILES string of the molecule is CC(=O)Nc1cccc(C(C)NC(=O)CCc2ccc(S(=O)(=O)N3CCCC3)cc2)c1. The van der Waals surface area contributed by atoms with Gasteiger partial charge in [0.2, 0.25) is 21.8 Å². The number of aryl methyl sites for hydroxylation is 1. The highest BCUT2D eigenvalue weighted by atomic mass is 32.2. The molecule has 0 spiro atoms. The molecule has 0 aliphatic carbocycles. The Bertz CT molecular complexity index is 1030. The third kappa shape index (κ3) is 6.15. The van der Waals surface area contributed by atoms with Gasteiger partial charge in [0.25, 0.3) is 0 Å². The Morgan fingerprint density at radius 2 is 1.74 bits per heavy atom. The van der Waals surface area contributed by atoms with Crippen LogP contribution in [0, 0.1) is 0 Å². The van der Waals surface area contributed by atoms with Crippen LogP contribution in [0.2, 0.25) is 0 Å². The van der Waals surface area contributed by atoms with Crippen LogP contribution in [0.5, 0.6) is 0 Å². The summed E-state index contributed by atoms with van der Waals surface area (Å²) < 4.78 is 26.7. The normalized spacial score (nSPS) is 15.4. The number of hydrogen-bond acceptors (Lipinski definition) is 4. The van der Waals surface area contributed by atoms with E-state index in [1.54, 1.807) is 30.3 Å². The number of benzene rings is 2. The van der Waals surface area contributed by atoms with Crippen molar-refractivity contribution in [3.05, 3.63) is 59.7 Å². The van der Waals surface area contributed by atoms with Crippen LogP contribution in [0.3, 0.4) is 0 Å². The molecular weight excluding hydrogens is 414 g/mol. The smallest absolute Gasteiger partial charge is 0.243 e. The highest BCUT2D eigenvalue weighted by Gasteiger charge is 2.26. The summed E-state index contributed by atoms with van der Waals surface area (Å²) in [6.45, 7) is 4.50. The Morgan fingerprint density at radius 3 is 2.39 bits per heavy atom. The van der Waals surface area contributed by atoms with Gasteiger partial charge in [0.1, 0.15) is 0 Å². The molecule has 1 saturated heterocycles. The first-order valence-corrected chi connectivity index (χ1v) is 12.0. The van der Waals surface area contributed by atoms with Gasteiger partial charge in [-0.25, -0.2) is 8.42 Å². The van der Waals surface area contributed by atoms with Gasteiger partial charge in [-0.15, -0.1) is 0 Å². The number of carbonyl (C=O) groups is 2. The molecule has 2 aromatic carbocycles. The Labute approximate surface area is 183 Å². The fourth-order valence-corrected chi connectivity index (χ4v) is 5.17. The van der Waals surface area contributed by atoms with Crippen LogP contribution in [0.1, 0.15) is 50.3 Å². The van der Waals surface area contributed by atoms with Gasteiger partial charge in [-0.2, -0.15) is 4.31 Å². The molecule has 7 nitrogen and oxygen atoms in total. The van der Waals surface area contributed by atoms with E-state index in [0.717, 1.165) is 24.0 Å². The van der Waals surface area contributed by atoms with Gasteiger partial charge in [0.05, 0.1) is 10.9 Å². The molecule has 1 fully saturated rings. The van der Waals surface area contributed by atoms with Crippen molar-refractivity contribution >= 4 is 27.5 Å². The number of nitrogens with zero attached hydrogens (tertiary/aromatic N) is 1. The van der Waals surface area contributed by atoms with Crippen LogP contribution in [0.4, 0.5) is 5.69 Å². The summed E-state index contributed by atoms with van der Waals surface area (Å²) in [5, 5.41) is 5.70. The minimum atomic E-state index is -3.42. The molecule has 0 aromatic heterocycles. The van der Waals surface area contributed by atoms with E-state index in [9.17, 15) is 18.0 Å². The van der Waals surface area contributed by atoms with Crippen LogP contribution < -0.4 is 10.6 Å². The Hall–Kier alpha value is -2.71. The van der Waals surface area contributed by atoms with E-state index in [0.29, 0.717) is 36.5 Å². The Morgan fingerprint density at radius 1 is 1.06 bits per heavy atom. The first-order chi connectivity index (χ1) is 14.8. The second-order valence-electron chi connectivity index (χ2n) is 7.85. The van der Waals surface area contributed by atoms with E-state index < -0.39 is 10.0 Å². The van der Waals surface area contributed by atoms with Gasteiger partial charge in [0.15, 0.2) is 0 Å². The lowest BCUT2D eigenvalue weighted by molar-refractivity contribution is -0.121. The maximum atomic E-state index is 12.6. The molecule has 2 aromatic rings.